The molecule has 6 nitrogen and oxygen atoms in total. The van der Waals surface area contributed by atoms with Gasteiger partial charge >= 0.3 is 0 Å². The summed E-state index contributed by atoms with van der Waals surface area (Å²) in [4.78, 5) is 8.28. The second-order valence-corrected chi connectivity index (χ2v) is 3.76. The average Bonchev–Trinajstić information content (AvgIpc) is 2.36. The Bertz CT molecular complexity index is 499. The molecule has 0 saturated heterocycles. The van der Waals surface area contributed by atoms with E-state index in [0.29, 0.717) is 0 Å². The summed E-state index contributed by atoms with van der Waals surface area (Å²) in [5.41, 5.74) is 6.11. The van der Waals surface area contributed by atoms with E-state index in [1.165, 1.54) is 0 Å². The maximum atomic E-state index is 5.59. The largest absolute Gasteiger partial charge is 0.271 e. The maximum Gasteiger partial charge on any atom is 0.0915 e. The van der Waals surface area contributed by atoms with Gasteiger partial charge in [0.05, 0.1) is 29.3 Å². The van der Waals surface area contributed by atoms with E-state index < -0.39 is 0 Å². The number of nitrogens with two attached hydrogens (primary N) is 1. The van der Waals surface area contributed by atoms with Crippen LogP contribution in [0.3, 0.4) is 0 Å². The van der Waals surface area contributed by atoms with Gasteiger partial charge in [0.2, 0.25) is 0 Å². The van der Waals surface area contributed by atoms with Crippen molar-refractivity contribution >= 4 is 0 Å². The molecule has 0 saturated carbocycles. The van der Waals surface area contributed by atoms with Crippen molar-refractivity contribution in [2.45, 2.75) is 19.9 Å². The zero-order valence-corrected chi connectivity index (χ0v) is 9.75. The molecule has 88 valence electrons. The van der Waals surface area contributed by atoms with Gasteiger partial charge in [-0.05, 0) is 19.9 Å². The lowest BCUT2D eigenvalue weighted by Gasteiger charge is -2.16. The van der Waals surface area contributed by atoms with Gasteiger partial charge in [-0.3, -0.25) is 15.8 Å². The first kappa shape index (κ1) is 11.6. The Balaban J connectivity index is 2.46. The van der Waals surface area contributed by atoms with Gasteiger partial charge in [-0.1, -0.05) is 0 Å². The smallest absolute Gasteiger partial charge is 0.0915 e. The van der Waals surface area contributed by atoms with Crippen LogP contribution in [0.1, 0.15) is 28.7 Å². The molecule has 0 amide bonds. The molecule has 2 aromatic rings. The highest BCUT2D eigenvalue weighted by atomic mass is 15.2. The zero-order chi connectivity index (χ0) is 12.3. The van der Waals surface area contributed by atoms with Crippen molar-refractivity contribution in [3.63, 3.8) is 0 Å². The number of aryl methyl sites for hydroxylation is 2. The highest BCUT2D eigenvalue weighted by Crippen LogP contribution is 2.20. The Morgan fingerprint density at radius 3 is 2.71 bits per heavy atom. The summed E-state index contributed by atoms with van der Waals surface area (Å²) in [7, 11) is 0. The van der Waals surface area contributed by atoms with Crippen LogP contribution in [0.25, 0.3) is 0 Å². The van der Waals surface area contributed by atoms with E-state index in [0.717, 1.165) is 22.6 Å². The Kier molecular flexibility index (Phi) is 3.36. The molecule has 0 bridgehead atoms. The van der Waals surface area contributed by atoms with Crippen molar-refractivity contribution in [3.8, 4) is 0 Å². The summed E-state index contributed by atoms with van der Waals surface area (Å²) in [6.07, 6.45) is 4.94. The molecule has 0 aromatic carbocycles. The van der Waals surface area contributed by atoms with Crippen molar-refractivity contribution in [3.05, 3.63) is 47.3 Å². The SMILES string of the molecule is Cc1cc(C(NN)c2cnccn2)c(C)nn1. The van der Waals surface area contributed by atoms with Crippen LogP contribution >= 0.6 is 0 Å². The van der Waals surface area contributed by atoms with E-state index in [2.05, 4.69) is 25.6 Å². The van der Waals surface area contributed by atoms with Gasteiger partial charge in [-0.25, -0.2) is 5.43 Å². The fourth-order valence-corrected chi connectivity index (χ4v) is 1.66. The zero-order valence-electron chi connectivity index (χ0n) is 9.75. The molecular formula is C11H14N6. The Morgan fingerprint density at radius 1 is 1.24 bits per heavy atom. The van der Waals surface area contributed by atoms with E-state index in [9.17, 15) is 0 Å². The first-order valence-electron chi connectivity index (χ1n) is 5.25. The summed E-state index contributed by atoms with van der Waals surface area (Å²) in [5.74, 6) is 5.59. The molecule has 0 radical (unpaired) electrons. The first-order valence-corrected chi connectivity index (χ1v) is 5.25. The van der Waals surface area contributed by atoms with E-state index >= 15 is 0 Å². The second-order valence-electron chi connectivity index (χ2n) is 3.76. The van der Waals surface area contributed by atoms with Crippen molar-refractivity contribution in [2.24, 2.45) is 5.84 Å². The van der Waals surface area contributed by atoms with E-state index in [4.69, 9.17) is 5.84 Å². The van der Waals surface area contributed by atoms with Crippen molar-refractivity contribution < 1.29 is 0 Å². The lowest BCUT2D eigenvalue weighted by molar-refractivity contribution is 0.608. The topological polar surface area (TPSA) is 89.6 Å². The lowest BCUT2D eigenvalue weighted by atomic mass is 10.0. The molecule has 0 aliphatic carbocycles. The van der Waals surface area contributed by atoms with Gasteiger partial charge in [0.25, 0.3) is 0 Å². The lowest BCUT2D eigenvalue weighted by Crippen LogP contribution is -2.30. The van der Waals surface area contributed by atoms with Crippen LogP contribution < -0.4 is 11.3 Å². The second kappa shape index (κ2) is 4.94. The molecule has 17 heavy (non-hydrogen) atoms. The van der Waals surface area contributed by atoms with E-state index in [-0.39, 0.29) is 6.04 Å². The van der Waals surface area contributed by atoms with E-state index in [1.54, 1.807) is 18.6 Å². The minimum atomic E-state index is -0.224. The predicted octanol–water partition coefficient (Wildman–Crippen LogP) is 0.436. The third kappa shape index (κ3) is 2.43. The standard InChI is InChI=1S/C11H14N6/c1-7-5-9(8(2)17-16-7)11(15-12)10-6-13-3-4-14-10/h3-6,11,15H,12H2,1-2H3. The normalized spacial score (nSPS) is 12.4. The maximum absolute atomic E-state index is 5.59. The van der Waals surface area contributed by atoms with Crippen molar-refractivity contribution in [2.75, 3.05) is 0 Å². The summed E-state index contributed by atoms with van der Waals surface area (Å²) in [6, 6.07) is 1.72. The molecule has 0 fully saturated rings. The molecule has 3 N–H and O–H groups in total. The van der Waals surface area contributed by atoms with Crippen LogP contribution in [0.2, 0.25) is 0 Å². The number of hydrogen-bond acceptors (Lipinski definition) is 6. The number of hydrogen-bond donors (Lipinski definition) is 2. The summed E-state index contributed by atoms with van der Waals surface area (Å²) in [5, 5.41) is 8.07. The van der Waals surface area contributed by atoms with Gasteiger partial charge in [0.15, 0.2) is 0 Å². The first-order chi connectivity index (χ1) is 8.22. The minimum absolute atomic E-state index is 0.224. The number of aromatic nitrogens is 4. The Labute approximate surface area is 99.3 Å². The number of rotatable bonds is 3. The fraction of sp³-hybridized carbons (Fsp3) is 0.273. The summed E-state index contributed by atoms with van der Waals surface area (Å²) < 4.78 is 0. The Hall–Kier alpha value is -1.92. The van der Waals surface area contributed by atoms with Gasteiger partial charge in [-0.15, -0.1) is 0 Å². The predicted molar refractivity (Wildman–Crippen MR) is 62.7 cm³/mol. The van der Waals surface area contributed by atoms with Crippen LogP contribution in [-0.4, -0.2) is 20.2 Å². The molecule has 0 aliphatic heterocycles. The average molecular weight is 230 g/mol. The monoisotopic (exact) mass is 230 g/mol. The number of hydrazine groups is 1. The minimum Gasteiger partial charge on any atom is -0.271 e. The highest BCUT2D eigenvalue weighted by Gasteiger charge is 2.17. The van der Waals surface area contributed by atoms with Crippen LogP contribution in [-0.2, 0) is 0 Å². The molecule has 2 aromatic heterocycles. The van der Waals surface area contributed by atoms with Crippen LogP contribution in [0.4, 0.5) is 0 Å². The van der Waals surface area contributed by atoms with Crippen LogP contribution in [0.5, 0.6) is 0 Å². The molecule has 1 atom stereocenters. The summed E-state index contributed by atoms with van der Waals surface area (Å²) >= 11 is 0. The molecule has 0 aliphatic rings. The molecular weight excluding hydrogens is 216 g/mol. The van der Waals surface area contributed by atoms with Gasteiger partial charge in [0, 0.05) is 18.0 Å². The van der Waals surface area contributed by atoms with Crippen molar-refractivity contribution in [1.82, 2.24) is 25.6 Å². The quantitative estimate of drug-likeness (QED) is 0.587. The summed E-state index contributed by atoms with van der Waals surface area (Å²) in [6.45, 7) is 3.78. The third-order valence-electron chi connectivity index (χ3n) is 2.50. The van der Waals surface area contributed by atoms with Crippen LogP contribution in [0.15, 0.2) is 24.7 Å². The molecule has 1 unspecified atom stereocenters. The molecule has 0 spiro atoms. The van der Waals surface area contributed by atoms with Crippen LogP contribution in [0, 0.1) is 13.8 Å². The number of nitrogens with one attached hydrogen (secondary N) is 1. The molecule has 6 heteroatoms. The fourth-order valence-electron chi connectivity index (χ4n) is 1.66. The molecule has 2 heterocycles. The van der Waals surface area contributed by atoms with Gasteiger partial charge in [-0.2, -0.15) is 10.2 Å². The number of nitrogens with zero attached hydrogens (tertiary/aromatic N) is 4. The van der Waals surface area contributed by atoms with Gasteiger partial charge < -0.3 is 0 Å². The Morgan fingerprint density at radius 2 is 2.06 bits per heavy atom. The molecule has 2 rings (SSSR count). The van der Waals surface area contributed by atoms with Gasteiger partial charge in [0.1, 0.15) is 0 Å². The van der Waals surface area contributed by atoms with E-state index in [1.807, 2.05) is 19.9 Å². The van der Waals surface area contributed by atoms with Crippen molar-refractivity contribution in [1.29, 1.82) is 0 Å². The highest BCUT2D eigenvalue weighted by molar-refractivity contribution is 5.29. The third-order valence-corrected chi connectivity index (χ3v) is 2.50.